The first kappa shape index (κ1) is 15.6. The summed E-state index contributed by atoms with van der Waals surface area (Å²) in [6.45, 7) is 2.58. The van der Waals surface area contributed by atoms with E-state index in [1.165, 1.54) is 6.08 Å². The molecule has 1 amide bonds. The van der Waals surface area contributed by atoms with Crippen LogP contribution in [0.15, 0.2) is 54.6 Å². The molecule has 0 bridgehead atoms. The minimum Gasteiger partial charge on any atom is -0.497 e. The lowest BCUT2D eigenvalue weighted by Gasteiger charge is -2.04. The molecule has 22 heavy (non-hydrogen) atoms. The van der Waals surface area contributed by atoms with Gasteiger partial charge in [-0.15, -0.1) is 0 Å². The fourth-order valence-electron chi connectivity index (χ4n) is 1.87. The quantitative estimate of drug-likeness (QED) is 0.826. The molecule has 2 aromatic carbocycles. The summed E-state index contributed by atoms with van der Waals surface area (Å²) in [6.07, 6.45) is 3.26. The third-order valence-corrected chi connectivity index (χ3v) is 2.98. The Kier molecular flexibility index (Phi) is 5.60. The second-order valence-electron chi connectivity index (χ2n) is 4.55. The third-order valence-electron chi connectivity index (χ3n) is 2.98. The van der Waals surface area contributed by atoms with E-state index in [4.69, 9.17) is 9.47 Å². The van der Waals surface area contributed by atoms with Crippen LogP contribution in [0.25, 0.3) is 6.08 Å². The molecule has 0 aliphatic heterocycles. The molecule has 0 heterocycles. The number of benzene rings is 2. The van der Waals surface area contributed by atoms with Gasteiger partial charge in [0.2, 0.25) is 5.91 Å². The van der Waals surface area contributed by atoms with Gasteiger partial charge in [0.1, 0.15) is 11.5 Å². The molecule has 1 N–H and O–H groups in total. The first-order valence-electron chi connectivity index (χ1n) is 7.07. The maximum Gasteiger partial charge on any atom is 0.248 e. The Morgan fingerprint density at radius 1 is 1.05 bits per heavy atom. The molecule has 0 unspecified atom stereocenters. The Balaban J connectivity index is 1.92. The molecule has 0 aliphatic rings. The number of nitrogens with one attached hydrogen (secondary N) is 1. The lowest BCUT2D eigenvalue weighted by Crippen LogP contribution is -2.07. The van der Waals surface area contributed by atoms with Crippen molar-refractivity contribution in [2.24, 2.45) is 0 Å². The van der Waals surface area contributed by atoms with Crippen molar-refractivity contribution < 1.29 is 14.3 Å². The van der Waals surface area contributed by atoms with Gasteiger partial charge in [-0.2, -0.15) is 0 Å². The molecule has 0 radical (unpaired) electrons. The zero-order chi connectivity index (χ0) is 15.8. The Morgan fingerprint density at radius 2 is 1.68 bits per heavy atom. The zero-order valence-electron chi connectivity index (χ0n) is 12.7. The van der Waals surface area contributed by atoms with Gasteiger partial charge in [0, 0.05) is 11.8 Å². The number of rotatable bonds is 6. The maximum atomic E-state index is 11.9. The molecule has 2 rings (SSSR count). The van der Waals surface area contributed by atoms with Gasteiger partial charge in [0.25, 0.3) is 0 Å². The van der Waals surface area contributed by atoms with Gasteiger partial charge in [-0.1, -0.05) is 12.1 Å². The van der Waals surface area contributed by atoms with Crippen molar-refractivity contribution in [3.63, 3.8) is 0 Å². The Bertz CT molecular complexity index is 630. The average molecular weight is 297 g/mol. The van der Waals surface area contributed by atoms with Crippen LogP contribution >= 0.6 is 0 Å². The van der Waals surface area contributed by atoms with Crippen molar-refractivity contribution in [2.45, 2.75) is 6.92 Å². The van der Waals surface area contributed by atoms with Crippen molar-refractivity contribution >= 4 is 17.7 Å². The summed E-state index contributed by atoms with van der Waals surface area (Å²) in [5.41, 5.74) is 1.66. The number of amides is 1. The minimum atomic E-state index is -0.181. The van der Waals surface area contributed by atoms with Crippen LogP contribution in [0.3, 0.4) is 0 Å². The molecule has 0 fully saturated rings. The predicted octanol–water partition coefficient (Wildman–Crippen LogP) is 3.75. The van der Waals surface area contributed by atoms with E-state index in [1.807, 2.05) is 31.2 Å². The standard InChI is InChI=1S/C18H19NO3/c1-3-22-17-9-4-14(5-10-17)6-13-18(20)19-15-7-11-16(21-2)12-8-15/h4-13H,3H2,1-2H3,(H,19,20). The molecule has 0 aromatic heterocycles. The van der Waals surface area contributed by atoms with Gasteiger partial charge in [0.15, 0.2) is 0 Å². The highest BCUT2D eigenvalue weighted by Gasteiger charge is 1.99. The van der Waals surface area contributed by atoms with Crippen LogP contribution in [0.2, 0.25) is 0 Å². The van der Waals surface area contributed by atoms with Gasteiger partial charge >= 0.3 is 0 Å². The van der Waals surface area contributed by atoms with Gasteiger partial charge in [-0.3, -0.25) is 4.79 Å². The topological polar surface area (TPSA) is 47.6 Å². The lowest BCUT2D eigenvalue weighted by atomic mass is 10.2. The highest BCUT2D eigenvalue weighted by Crippen LogP contribution is 2.15. The molecular weight excluding hydrogens is 278 g/mol. The fourth-order valence-corrected chi connectivity index (χ4v) is 1.87. The van der Waals surface area contributed by atoms with E-state index < -0.39 is 0 Å². The molecule has 4 heteroatoms. The summed E-state index contributed by atoms with van der Waals surface area (Å²) >= 11 is 0. The van der Waals surface area contributed by atoms with Crippen LogP contribution in [-0.2, 0) is 4.79 Å². The van der Waals surface area contributed by atoms with Gasteiger partial charge in [0.05, 0.1) is 13.7 Å². The second-order valence-corrected chi connectivity index (χ2v) is 4.55. The first-order chi connectivity index (χ1) is 10.7. The van der Waals surface area contributed by atoms with Crippen molar-refractivity contribution in [3.05, 3.63) is 60.2 Å². The van der Waals surface area contributed by atoms with Crippen LogP contribution in [0.1, 0.15) is 12.5 Å². The van der Waals surface area contributed by atoms with Crippen molar-refractivity contribution in [1.82, 2.24) is 0 Å². The predicted molar refractivity (Wildman–Crippen MR) is 88.3 cm³/mol. The summed E-state index contributed by atoms with van der Waals surface area (Å²) in [4.78, 5) is 11.9. The van der Waals surface area contributed by atoms with E-state index in [9.17, 15) is 4.79 Å². The van der Waals surface area contributed by atoms with Crippen molar-refractivity contribution in [1.29, 1.82) is 0 Å². The van der Waals surface area contributed by atoms with Crippen LogP contribution in [0.5, 0.6) is 11.5 Å². The number of hydrogen-bond donors (Lipinski definition) is 1. The first-order valence-corrected chi connectivity index (χ1v) is 7.07. The summed E-state index contributed by atoms with van der Waals surface area (Å²) in [5.74, 6) is 1.39. The van der Waals surface area contributed by atoms with Crippen LogP contribution in [0.4, 0.5) is 5.69 Å². The summed E-state index contributed by atoms with van der Waals surface area (Å²) in [5, 5.41) is 2.79. The Labute approximate surface area is 130 Å². The second kappa shape index (κ2) is 7.88. The largest absolute Gasteiger partial charge is 0.497 e. The molecule has 4 nitrogen and oxygen atoms in total. The van der Waals surface area contributed by atoms with Gasteiger partial charge < -0.3 is 14.8 Å². The van der Waals surface area contributed by atoms with E-state index in [-0.39, 0.29) is 5.91 Å². The smallest absolute Gasteiger partial charge is 0.248 e. The van der Waals surface area contributed by atoms with E-state index in [0.717, 1.165) is 22.7 Å². The SMILES string of the molecule is CCOc1ccc(C=CC(=O)Nc2ccc(OC)cc2)cc1. The average Bonchev–Trinajstić information content (AvgIpc) is 2.55. The molecular formula is C18H19NO3. The number of anilines is 1. The van der Waals surface area contributed by atoms with E-state index in [1.54, 1.807) is 37.5 Å². The minimum absolute atomic E-state index is 0.181. The van der Waals surface area contributed by atoms with E-state index >= 15 is 0 Å². The highest BCUT2D eigenvalue weighted by molar-refractivity contribution is 6.01. The summed E-state index contributed by atoms with van der Waals surface area (Å²) < 4.78 is 10.4. The van der Waals surface area contributed by atoms with Crippen LogP contribution in [0, 0.1) is 0 Å². The number of ether oxygens (including phenoxy) is 2. The summed E-state index contributed by atoms with van der Waals surface area (Å²) in [6, 6.07) is 14.7. The van der Waals surface area contributed by atoms with E-state index in [0.29, 0.717) is 6.61 Å². The highest BCUT2D eigenvalue weighted by atomic mass is 16.5. The molecule has 0 spiro atoms. The van der Waals surface area contributed by atoms with Gasteiger partial charge in [-0.25, -0.2) is 0 Å². The van der Waals surface area contributed by atoms with Crippen LogP contribution < -0.4 is 14.8 Å². The lowest BCUT2D eigenvalue weighted by molar-refractivity contribution is -0.111. The van der Waals surface area contributed by atoms with Crippen LogP contribution in [-0.4, -0.2) is 19.6 Å². The van der Waals surface area contributed by atoms with Crippen molar-refractivity contribution in [2.75, 3.05) is 19.0 Å². The molecule has 2 aromatic rings. The number of hydrogen-bond acceptors (Lipinski definition) is 3. The third kappa shape index (κ3) is 4.66. The number of methoxy groups -OCH3 is 1. The maximum absolute atomic E-state index is 11.9. The molecule has 0 saturated heterocycles. The normalized spacial score (nSPS) is 10.5. The number of carbonyl (C=O) groups is 1. The molecule has 114 valence electrons. The van der Waals surface area contributed by atoms with Gasteiger partial charge in [-0.05, 0) is 55.0 Å². The number of carbonyl (C=O) groups excluding carboxylic acids is 1. The molecule has 0 saturated carbocycles. The molecule has 0 atom stereocenters. The van der Waals surface area contributed by atoms with Crippen molar-refractivity contribution in [3.8, 4) is 11.5 Å². The Morgan fingerprint density at radius 3 is 2.27 bits per heavy atom. The fraction of sp³-hybridized carbons (Fsp3) is 0.167. The summed E-state index contributed by atoms with van der Waals surface area (Å²) in [7, 11) is 1.60. The monoisotopic (exact) mass is 297 g/mol. The Hall–Kier alpha value is -2.75. The van der Waals surface area contributed by atoms with E-state index in [2.05, 4.69) is 5.32 Å². The molecule has 0 aliphatic carbocycles. The zero-order valence-corrected chi connectivity index (χ0v) is 12.7.